The average Bonchev–Trinajstić information content (AvgIpc) is 3.22. The minimum absolute atomic E-state index is 0.0829. The summed E-state index contributed by atoms with van der Waals surface area (Å²) in [4.78, 5) is 19.6. The second kappa shape index (κ2) is 8.67. The second-order valence-electron chi connectivity index (χ2n) is 7.25. The third-order valence-corrected chi connectivity index (χ3v) is 7.87. The number of sulfonamides is 1. The second-order valence-corrected chi connectivity index (χ2v) is 10.1. The maximum Gasteiger partial charge on any atom is 0.253 e. The molecular weight excluding hydrogens is 418 g/mol. The first-order valence-electron chi connectivity index (χ1n) is 9.83. The van der Waals surface area contributed by atoms with Gasteiger partial charge in [0, 0.05) is 31.1 Å². The molecule has 1 N–H and O–H groups in total. The van der Waals surface area contributed by atoms with Crippen LogP contribution in [0.5, 0.6) is 0 Å². The number of piperidine rings is 1. The first-order valence-corrected chi connectivity index (χ1v) is 12.1. The summed E-state index contributed by atoms with van der Waals surface area (Å²) in [6.07, 6.45) is 3.18. The van der Waals surface area contributed by atoms with Gasteiger partial charge in [-0.1, -0.05) is 24.3 Å². The van der Waals surface area contributed by atoms with Crippen LogP contribution in [0.4, 0.5) is 0 Å². The van der Waals surface area contributed by atoms with E-state index in [1.165, 1.54) is 22.9 Å². The molecule has 0 unspecified atom stereocenters. The number of likely N-dealkylation sites (tertiary alicyclic amines) is 1. The number of carbonyl (C=O) groups excluding carboxylic acids is 1. The fraction of sp³-hybridized carbons (Fsp3) is 0.273. The number of amides is 1. The Morgan fingerprint density at radius 2 is 1.97 bits per heavy atom. The monoisotopic (exact) mass is 441 g/mol. The van der Waals surface area contributed by atoms with E-state index < -0.39 is 10.0 Å². The minimum Gasteiger partial charge on any atom is -0.339 e. The first kappa shape index (κ1) is 20.7. The largest absolute Gasteiger partial charge is 0.339 e. The van der Waals surface area contributed by atoms with Crippen LogP contribution in [0, 0.1) is 0 Å². The van der Waals surface area contributed by atoms with Crippen LogP contribution in [-0.2, 0) is 10.0 Å². The molecule has 3 aromatic rings. The van der Waals surface area contributed by atoms with E-state index >= 15 is 0 Å². The van der Waals surface area contributed by atoms with Crippen molar-refractivity contribution in [2.75, 3.05) is 19.6 Å². The van der Waals surface area contributed by atoms with Gasteiger partial charge >= 0.3 is 0 Å². The SMILES string of the molecule is C=CCNS(=O)(=O)c1cccc(C(=O)N2CCC(c3nc4ccccc4s3)CC2)c1. The van der Waals surface area contributed by atoms with Gasteiger partial charge in [-0.2, -0.15) is 0 Å². The Hall–Kier alpha value is -2.55. The molecule has 1 amide bonds. The lowest BCUT2D eigenvalue weighted by molar-refractivity contribution is 0.0712. The van der Waals surface area contributed by atoms with Crippen molar-refractivity contribution in [3.05, 3.63) is 71.8 Å². The number of para-hydroxylation sites is 1. The Morgan fingerprint density at radius 1 is 1.20 bits per heavy atom. The highest BCUT2D eigenvalue weighted by Crippen LogP contribution is 2.34. The Balaban J connectivity index is 1.44. The van der Waals surface area contributed by atoms with Crippen molar-refractivity contribution in [1.29, 1.82) is 0 Å². The van der Waals surface area contributed by atoms with Gasteiger partial charge in [0.2, 0.25) is 10.0 Å². The number of rotatable bonds is 6. The van der Waals surface area contributed by atoms with E-state index in [1.54, 1.807) is 28.4 Å². The number of fused-ring (bicyclic) bond motifs is 1. The van der Waals surface area contributed by atoms with Crippen molar-refractivity contribution in [3.8, 4) is 0 Å². The van der Waals surface area contributed by atoms with Crippen LogP contribution in [0.2, 0.25) is 0 Å². The number of aromatic nitrogens is 1. The lowest BCUT2D eigenvalue weighted by atomic mass is 9.97. The topological polar surface area (TPSA) is 79.4 Å². The van der Waals surface area contributed by atoms with Crippen LogP contribution >= 0.6 is 11.3 Å². The molecule has 0 aliphatic carbocycles. The summed E-state index contributed by atoms with van der Waals surface area (Å²) in [5, 5.41) is 1.13. The highest BCUT2D eigenvalue weighted by molar-refractivity contribution is 7.89. The molecule has 8 heteroatoms. The summed E-state index contributed by atoms with van der Waals surface area (Å²) >= 11 is 1.73. The lowest BCUT2D eigenvalue weighted by Crippen LogP contribution is -2.38. The van der Waals surface area contributed by atoms with Crippen LogP contribution < -0.4 is 4.72 Å². The highest BCUT2D eigenvalue weighted by atomic mass is 32.2. The minimum atomic E-state index is -3.67. The number of hydrogen-bond donors (Lipinski definition) is 1. The maximum atomic E-state index is 13.0. The summed E-state index contributed by atoms with van der Waals surface area (Å²) in [7, 11) is -3.67. The molecule has 0 saturated carbocycles. The smallest absolute Gasteiger partial charge is 0.253 e. The summed E-state index contributed by atoms with van der Waals surface area (Å²) in [5.41, 5.74) is 1.41. The van der Waals surface area contributed by atoms with Gasteiger partial charge in [0.15, 0.2) is 0 Å². The predicted molar refractivity (Wildman–Crippen MR) is 119 cm³/mol. The number of thiazole rings is 1. The Kier molecular flexibility index (Phi) is 5.99. The molecule has 0 radical (unpaired) electrons. The zero-order valence-electron chi connectivity index (χ0n) is 16.5. The third-order valence-electron chi connectivity index (χ3n) is 5.25. The Labute approximate surface area is 180 Å². The maximum absolute atomic E-state index is 13.0. The van der Waals surface area contributed by atoms with E-state index in [-0.39, 0.29) is 17.3 Å². The number of carbonyl (C=O) groups is 1. The van der Waals surface area contributed by atoms with Crippen LogP contribution in [0.25, 0.3) is 10.2 Å². The van der Waals surface area contributed by atoms with Gasteiger partial charge < -0.3 is 4.90 Å². The van der Waals surface area contributed by atoms with Crippen molar-refractivity contribution in [1.82, 2.24) is 14.6 Å². The Morgan fingerprint density at radius 3 is 2.70 bits per heavy atom. The predicted octanol–water partition coefficient (Wildman–Crippen LogP) is 3.78. The first-order chi connectivity index (χ1) is 14.5. The van der Waals surface area contributed by atoms with Gasteiger partial charge in [-0.05, 0) is 43.2 Å². The molecule has 30 heavy (non-hydrogen) atoms. The number of hydrogen-bond acceptors (Lipinski definition) is 5. The summed E-state index contributed by atoms with van der Waals surface area (Å²) in [6, 6.07) is 14.3. The zero-order chi connectivity index (χ0) is 21.1. The normalized spacial score (nSPS) is 15.4. The molecule has 1 saturated heterocycles. The van der Waals surface area contributed by atoms with Crippen LogP contribution in [-0.4, -0.2) is 43.8 Å². The standard InChI is InChI=1S/C22H23N3O3S2/c1-2-12-23-30(27,28)18-7-5-6-17(15-18)22(26)25-13-10-16(11-14-25)21-24-19-8-3-4-9-20(19)29-21/h2-9,15-16,23H,1,10-14H2. The lowest BCUT2D eigenvalue weighted by Gasteiger charge is -2.31. The van der Waals surface area contributed by atoms with E-state index in [2.05, 4.69) is 17.4 Å². The van der Waals surface area contributed by atoms with E-state index in [0.717, 1.165) is 23.4 Å². The third kappa shape index (κ3) is 4.30. The molecule has 0 spiro atoms. The van der Waals surface area contributed by atoms with Gasteiger partial charge in [-0.15, -0.1) is 17.9 Å². The molecule has 1 aliphatic heterocycles. The molecular formula is C22H23N3O3S2. The van der Waals surface area contributed by atoms with Gasteiger partial charge in [0.1, 0.15) is 0 Å². The molecule has 2 heterocycles. The molecule has 0 atom stereocenters. The van der Waals surface area contributed by atoms with Crippen molar-refractivity contribution in [2.45, 2.75) is 23.7 Å². The van der Waals surface area contributed by atoms with E-state index in [0.29, 0.717) is 24.6 Å². The zero-order valence-corrected chi connectivity index (χ0v) is 18.1. The molecule has 6 nitrogen and oxygen atoms in total. The number of nitrogens with zero attached hydrogens (tertiary/aromatic N) is 2. The van der Waals surface area contributed by atoms with Gasteiger partial charge in [-0.3, -0.25) is 4.79 Å². The van der Waals surface area contributed by atoms with E-state index in [4.69, 9.17) is 4.98 Å². The quantitative estimate of drug-likeness (QED) is 0.591. The summed E-state index contributed by atoms with van der Waals surface area (Å²) in [6.45, 7) is 4.91. The summed E-state index contributed by atoms with van der Waals surface area (Å²) < 4.78 is 28.3. The molecule has 0 bridgehead atoms. The fourth-order valence-electron chi connectivity index (χ4n) is 3.63. The average molecular weight is 442 g/mol. The van der Waals surface area contributed by atoms with Crippen LogP contribution in [0.3, 0.4) is 0 Å². The van der Waals surface area contributed by atoms with Gasteiger partial charge in [0.05, 0.1) is 20.1 Å². The highest BCUT2D eigenvalue weighted by Gasteiger charge is 2.27. The van der Waals surface area contributed by atoms with Gasteiger partial charge in [-0.25, -0.2) is 18.1 Å². The van der Waals surface area contributed by atoms with Crippen molar-refractivity contribution in [2.24, 2.45) is 0 Å². The number of nitrogens with one attached hydrogen (secondary N) is 1. The number of benzene rings is 2. The van der Waals surface area contributed by atoms with E-state index in [9.17, 15) is 13.2 Å². The fourth-order valence-corrected chi connectivity index (χ4v) is 5.81. The molecule has 1 aliphatic rings. The molecule has 1 aromatic heterocycles. The molecule has 156 valence electrons. The van der Waals surface area contributed by atoms with Crippen LogP contribution in [0.15, 0.2) is 66.1 Å². The summed E-state index contributed by atoms with van der Waals surface area (Å²) in [5.74, 6) is 0.208. The molecule has 4 rings (SSSR count). The van der Waals surface area contributed by atoms with Crippen molar-refractivity contribution < 1.29 is 13.2 Å². The van der Waals surface area contributed by atoms with E-state index in [1.807, 2.05) is 18.2 Å². The molecule has 2 aromatic carbocycles. The Bertz CT molecular complexity index is 1150. The molecule has 1 fully saturated rings. The van der Waals surface area contributed by atoms with Crippen molar-refractivity contribution in [3.63, 3.8) is 0 Å². The van der Waals surface area contributed by atoms with Gasteiger partial charge in [0.25, 0.3) is 5.91 Å². The van der Waals surface area contributed by atoms with Crippen LogP contribution in [0.1, 0.15) is 34.1 Å². The van der Waals surface area contributed by atoms with Crippen molar-refractivity contribution >= 4 is 37.5 Å².